The van der Waals surface area contributed by atoms with Gasteiger partial charge >= 0.3 is 0 Å². The van der Waals surface area contributed by atoms with Gasteiger partial charge in [0.05, 0.1) is 0 Å². The van der Waals surface area contributed by atoms with Gasteiger partial charge in [0.25, 0.3) is 0 Å². The average Bonchev–Trinajstić information content (AvgIpc) is 2.23. The van der Waals surface area contributed by atoms with Gasteiger partial charge in [-0.15, -0.1) is 0 Å². The minimum Gasteiger partial charge on any atom is -0.264 e. The van der Waals surface area contributed by atoms with Gasteiger partial charge in [0.2, 0.25) is 0 Å². The fourth-order valence-corrected chi connectivity index (χ4v) is 1.36. The maximum atomic E-state index is 13.0. The third-order valence-electron chi connectivity index (χ3n) is 2.15. The lowest BCUT2D eigenvalue weighted by molar-refractivity contribution is 0.619. The maximum absolute atomic E-state index is 13.0. The van der Waals surface area contributed by atoms with Gasteiger partial charge in [-0.05, 0) is 41.8 Å². The molecule has 0 unspecified atom stereocenters. The number of halogens is 1. The van der Waals surface area contributed by atoms with E-state index in [4.69, 9.17) is 0 Å². The largest absolute Gasteiger partial charge is 0.264 e. The van der Waals surface area contributed by atoms with Crippen molar-refractivity contribution < 1.29 is 4.39 Å². The summed E-state index contributed by atoms with van der Waals surface area (Å²) in [4.78, 5) is 4.02. The molecule has 0 fully saturated rings. The highest BCUT2D eigenvalue weighted by atomic mass is 19.1. The van der Waals surface area contributed by atoms with Crippen LogP contribution in [0.4, 0.5) is 4.39 Å². The monoisotopic (exact) mass is 187 g/mol. The van der Waals surface area contributed by atoms with Crippen LogP contribution in [0.25, 0.3) is 11.1 Å². The second-order valence-corrected chi connectivity index (χ2v) is 3.21. The molecule has 2 rings (SSSR count). The molecule has 1 heterocycles. The smallest absolute Gasteiger partial charge is 0.126 e. The van der Waals surface area contributed by atoms with Gasteiger partial charge in [-0.1, -0.05) is 12.1 Å². The molecule has 0 aliphatic heterocycles. The molecule has 70 valence electrons. The van der Waals surface area contributed by atoms with Crippen molar-refractivity contribution in [2.75, 3.05) is 0 Å². The summed E-state index contributed by atoms with van der Waals surface area (Å²) in [5.74, 6) is -0.169. The summed E-state index contributed by atoms with van der Waals surface area (Å²) in [5.41, 5.74) is 2.67. The number of nitrogens with zero attached hydrogens (tertiary/aromatic N) is 1. The Bertz CT molecular complexity index is 437. The van der Waals surface area contributed by atoms with Gasteiger partial charge in [0, 0.05) is 12.4 Å². The Morgan fingerprint density at radius 2 is 2.00 bits per heavy atom. The Morgan fingerprint density at radius 1 is 1.14 bits per heavy atom. The second kappa shape index (κ2) is 3.58. The molecule has 0 amide bonds. The molecule has 0 spiro atoms. The SMILES string of the molecule is Cc1cc(-c2cccnc2)ccc1F. The van der Waals surface area contributed by atoms with Crippen molar-refractivity contribution >= 4 is 0 Å². The van der Waals surface area contributed by atoms with E-state index in [0.717, 1.165) is 11.1 Å². The molecular formula is C12H10FN. The number of pyridine rings is 1. The molecule has 0 aliphatic carbocycles. The number of rotatable bonds is 1. The van der Waals surface area contributed by atoms with Crippen LogP contribution in [0.2, 0.25) is 0 Å². The number of benzene rings is 1. The van der Waals surface area contributed by atoms with Crippen LogP contribution in [0.5, 0.6) is 0 Å². The Balaban J connectivity index is 2.48. The van der Waals surface area contributed by atoms with Gasteiger partial charge in [-0.3, -0.25) is 4.98 Å². The molecule has 14 heavy (non-hydrogen) atoms. The van der Waals surface area contributed by atoms with Gasteiger partial charge in [-0.2, -0.15) is 0 Å². The predicted octanol–water partition coefficient (Wildman–Crippen LogP) is 3.20. The highest BCUT2D eigenvalue weighted by Crippen LogP contribution is 2.20. The summed E-state index contributed by atoms with van der Waals surface area (Å²) in [6.45, 7) is 1.76. The Kier molecular flexibility index (Phi) is 2.27. The van der Waals surface area contributed by atoms with Crippen LogP contribution >= 0.6 is 0 Å². The molecule has 1 aromatic carbocycles. The highest BCUT2D eigenvalue weighted by molar-refractivity contribution is 5.62. The lowest BCUT2D eigenvalue weighted by Crippen LogP contribution is -1.84. The summed E-state index contributed by atoms with van der Waals surface area (Å²) in [6, 6.07) is 8.90. The van der Waals surface area contributed by atoms with Crippen LogP contribution in [0, 0.1) is 12.7 Å². The number of hydrogen-bond acceptors (Lipinski definition) is 1. The first-order valence-corrected chi connectivity index (χ1v) is 4.44. The molecule has 2 heteroatoms. The zero-order valence-corrected chi connectivity index (χ0v) is 7.87. The number of aromatic nitrogens is 1. The van der Waals surface area contributed by atoms with Crippen LogP contribution in [-0.2, 0) is 0 Å². The van der Waals surface area contributed by atoms with Crippen LogP contribution < -0.4 is 0 Å². The molecule has 1 aromatic heterocycles. The quantitative estimate of drug-likeness (QED) is 0.668. The van der Waals surface area contributed by atoms with Crippen LogP contribution in [0.15, 0.2) is 42.7 Å². The molecule has 0 radical (unpaired) electrons. The Hall–Kier alpha value is -1.70. The topological polar surface area (TPSA) is 12.9 Å². The third kappa shape index (κ3) is 1.64. The second-order valence-electron chi connectivity index (χ2n) is 3.21. The van der Waals surface area contributed by atoms with Crippen LogP contribution in [0.1, 0.15) is 5.56 Å². The van der Waals surface area contributed by atoms with Crippen LogP contribution in [-0.4, -0.2) is 4.98 Å². The van der Waals surface area contributed by atoms with Crippen molar-refractivity contribution in [2.24, 2.45) is 0 Å². The van der Waals surface area contributed by atoms with Crippen molar-refractivity contribution in [3.63, 3.8) is 0 Å². The van der Waals surface area contributed by atoms with E-state index in [1.165, 1.54) is 6.07 Å². The third-order valence-corrected chi connectivity index (χ3v) is 2.15. The molecule has 0 bridgehead atoms. The molecule has 0 saturated heterocycles. The molecule has 0 N–H and O–H groups in total. The Labute approximate surface area is 82.2 Å². The predicted molar refractivity (Wildman–Crippen MR) is 54.4 cm³/mol. The summed E-state index contributed by atoms with van der Waals surface area (Å²) in [5, 5.41) is 0. The van der Waals surface area contributed by atoms with Gasteiger partial charge in [0.15, 0.2) is 0 Å². The average molecular weight is 187 g/mol. The zero-order valence-electron chi connectivity index (χ0n) is 7.87. The summed E-state index contributed by atoms with van der Waals surface area (Å²) < 4.78 is 13.0. The standard InChI is InChI=1S/C12H10FN/c1-9-7-10(4-5-12(9)13)11-3-2-6-14-8-11/h2-8H,1H3. The first kappa shape index (κ1) is 8.88. The Morgan fingerprint density at radius 3 is 2.64 bits per heavy atom. The molecule has 1 nitrogen and oxygen atoms in total. The molecule has 0 aliphatic rings. The van der Waals surface area contributed by atoms with E-state index < -0.39 is 0 Å². The van der Waals surface area contributed by atoms with Crippen molar-refractivity contribution in [1.82, 2.24) is 4.98 Å². The summed E-state index contributed by atoms with van der Waals surface area (Å²) in [6.07, 6.45) is 3.49. The van der Waals surface area contributed by atoms with E-state index in [9.17, 15) is 4.39 Å². The van der Waals surface area contributed by atoms with E-state index in [-0.39, 0.29) is 5.82 Å². The fraction of sp³-hybridized carbons (Fsp3) is 0.0833. The molecule has 2 aromatic rings. The molecule has 0 saturated carbocycles. The van der Waals surface area contributed by atoms with Crippen molar-refractivity contribution in [2.45, 2.75) is 6.92 Å². The normalized spacial score (nSPS) is 10.1. The molecular weight excluding hydrogens is 177 g/mol. The fourth-order valence-electron chi connectivity index (χ4n) is 1.36. The van der Waals surface area contributed by atoms with Crippen molar-refractivity contribution in [1.29, 1.82) is 0 Å². The number of aryl methyl sites for hydroxylation is 1. The highest BCUT2D eigenvalue weighted by Gasteiger charge is 2.00. The van der Waals surface area contributed by atoms with Crippen molar-refractivity contribution in [3.8, 4) is 11.1 Å². The van der Waals surface area contributed by atoms with Gasteiger partial charge in [-0.25, -0.2) is 4.39 Å². The number of hydrogen-bond donors (Lipinski definition) is 0. The zero-order chi connectivity index (χ0) is 9.97. The lowest BCUT2D eigenvalue weighted by atomic mass is 10.1. The van der Waals surface area contributed by atoms with Crippen molar-refractivity contribution in [3.05, 3.63) is 54.1 Å². The van der Waals surface area contributed by atoms with Crippen LogP contribution in [0.3, 0.4) is 0 Å². The first-order valence-electron chi connectivity index (χ1n) is 4.44. The minimum atomic E-state index is -0.169. The van der Waals surface area contributed by atoms with E-state index in [1.54, 1.807) is 25.4 Å². The van der Waals surface area contributed by atoms with E-state index in [0.29, 0.717) is 5.56 Å². The first-order chi connectivity index (χ1) is 6.77. The van der Waals surface area contributed by atoms with E-state index in [1.807, 2.05) is 18.2 Å². The lowest BCUT2D eigenvalue weighted by Gasteiger charge is -2.02. The maximum Gasteiger partial charge on any atom is 0.126 e. The van der Waals surface area contributed by atoms with Gasteiger partial charge in [0.1, 0.15) is 5.82 Å². The van der Waals surface area contributed by atoms with E-state index >= 15 is 0 Å². The molecule has 0 atom stereocenters. The minimum absolute atomic E-state index is 0.169. The van der Waals surface area contributed by atoms with E-state index in [2.05, 4.69) is 4.98 Å². The van der Waals surface area contributed by atoms with Gasteiger partial charge < -0.3 is 0 Å². The summed E-state index contributed by atoms with van der Waals surface area (Å²) >= 11 is 0. The summed E-state index contributed by atoms with van der Waals surface area (Å²) in [7, 11) is 0.